The van der Waals surface area contributed by atoms with Gasteiger partial charge in [-0.3, -0.25) is 9.89 Å². The molecule has 8 aromatic heterocycles. The van der Waals surface area contributed by atoms with Gasteiger partial charge in [-0.05, 0) is 233 Å². The van der Waals surface area contributed by atoms with E-state index in [1.807, 2.05) is 232 Å². The number of aliphatic carboxylic acids is 1. The van der Waals surface area contributed by atoms with Gasteiger partial charge in [0.1, 0.15) is 81.3 Å². The third-order valence-corrected chi connectivity index (χ3v) is 23.0. The van der Waals surface area contributed by atoms with Crippen molar-refractivity contribution in [3.8, 4) is 57.5 Å². The first kappa shape index (κ1) is 97.7. The summed E-state index contributed by atoms with van der Waals surface area (Å²) < 4.78 is 47.1. The summed E-state index contributed by atoms with van der Waals surface area (Å²) in [6, 6.07) is 62.7. The van der Waals surface area contributed by atoms with Gasteiger partial charge in [-0.25, -0.2) is 43.6 Å². The number of rotatable bonds is 21. The summed E-state index contributed by atoms with van der Waals surface area (Å²) >= 11 is 10.6. The highest BCUT2D eigenvalue weighted by molar-refractivity contribution is 14.1. The average molecular weight is 2030 g/mol. The normalized spacial score (nSPS) is 13.8. The molecule has 32 heteroatoms. The third kappa shape index (κ3) is 27.6. The zero-order chi connectivity index (χ0) is 94.0. The molecule has 10 heterocycles. The van der Waals surface area contributed by atoms with E-state index in [1.165, 1.54) is 48.4 Å². The Balaban J connectivity index is 0.000000151. The Labute approximate surface area is 799 Å². The monoisotopic (exact) mass is 2030 g/mol. The lowest BCUT2D eigenvalue weighted by Crippen LogP contribution is -2.36. The summed E-state index contributed by atoms with van der Waals surface area (Å²) in [4.78, 5) is 55.1. The minimum Gasteiger partial charge on any atom is -0.508 e. The van der Waals surface area contributed by atoms with Crippen LogP contribution in [-0.4, -0.2) is 169 Å². The zero-order valence-electron chi connectivity index (χ0n) is 75.3. The number of amides is 2. The van der Waals surface area contributed by atoms with Crippen LogP contribution in [0.2, 0.25) is 5.02 Å². The number of phenols is 1. The van der Waals surface area contributed by atoms with Gasteiger partial charge in [-0.2, -0.15) is 20.4 Å². The minimum absolute atomic E-state index is 0.0116. The number of likely N-dealkylation sites (tertiary alicyclic amines) is 2. The number of benzene rings is 7. The number of aromatic amines is 1. The number of aryl methyl sites for hydroxylation is 4. The van der Waals surface area contributed by atoms with E-state index in [9.17, 15) is 14.4 Å². The minimum atomic E-state index is -0.981. The molecular weight excluding hydrogens is 1920 g/mol. The number of nitrogens with two attached hydrogens (primary N) is 1. The molecule has 686 valence electrons. The van der Waals surface area contributed by atoms with Gasteiger partial charge >= 0.3 is 12.1 Å². The number of carbonyl (C=O) groups is 3. The highest BCUT2D eigenvalue weighted by Gasteiger charge is 2.32. The number of methoxy groups -OCH3 is 3. The van der Waals surface area contributed by atoms with Gasteiger partial charge in [0.25, 0.3) is 0 Å². The van der Waals surface area contributed by atoms with Gasteiger partial charge in [-0.1, -0.05) is 145 Å². The molecule has 15 aromatic rings. The van der Waals surface area contributed by atoms with E-state index >= 15 is 0 Å². The molecule has 132 heavy (non-hydrogen) atoms. The fourth-order valence-corrected chi connectivity index (χ4v) is 16.2. The van der Waals surface area contributed by atoms with Crippen LogP contribution in [0, 0.1) is 35.1 Å². The lowest BCUT2D eigenvalue weighted by molar-refractivity contribution is -0.131. The Kier molecular flexibility index (Phi) is 34.7. The molecule has 1 saturated carbocycles. The molecule has 2 aliphatic heterocycles. The van der Waals surface area contributed by atoms with Crippen molar-refractivity contribution in [1.82, 2.24) is 69.3 Å². The standard InChI is InChI=1S/C30H35N5O4.C21H18IN3O2.C20H21N5O2.C14H11ClIN3O.C7H8O.C5H11N.C3H4O2/c1-20-6-10-24(11-7-20)38-25-14-16-31-28-26(25)27(33-35(28)18-21-8-12-23(37-5)13-9-21)32-22-15-17-34(19-22)29(36)39-30(2,3)4;1-14-3-7-17(8-4-14)27-18-11-12-23-21-19(18)20(22)24-25(21)13-15-5-9-16(26-2)10-6-15;1-3-17(26)25-11-9-14(12-25)22-20-18-16(8-10-21-19(18)23-24-20)27-15-6-4-13(2)5-7-15;1-20-10-4-2-9(3-5-10)8-19-14-12(13(16)18-19)11(15)6-7-17-14;1-6-2-4-7(8)5-3-6;6-5-3-1-2-4-5;1-2-3(4)5/h6-14,16,22H,15,17-19H2,1-5H3,(H,32,33);3-12H,13H2,1-2H3;3-8,10,14H,1,9,11-12H2,2H3,(H2,21,22,23,24);2-7H,8H2,1H3;2-5,8H,1H3;5H,1-4,6H2;2H,1H2,(H,4,5)/t22-;;14-;;;;/m1.1..../s1. The largest absolute Gasteiger partial charge is 0.508 e. The summed E-state index contributed by atoms with van der Waals surface area (Å²) in [5.74, 6) is 7.52. The number of carboxylic acid groups (broad SMARTS) is 1. The SMILES string of the molecule is C=CC(=O)N1CC[C@@H](Nc2n[nH]c3nccc(Oc4ccc(C)cc4)c23)C1.C=CC(=O)O.COc1ccc(Cn2nc(I)c3c(Cl)ccnc32)cc1.COc1ccc(Cn2nc(I)c3c(Oc4ccc(C)cc4)ccnc32)cc1.COc1ccc(Cn2nc(N[C@@H]3CCN(C(=O)OC(C)(C)C)C3)c3c(Oc4ccc(C)cc4)ccnc32)cc1.Cc1ccc(O)cc1.NC1CCCC1. The van der Waals surface area contributed by atoms with Crippen LogP contribution in [0.5, 0.6) is 57.5 Å². The van der Waals surface area contributed by atoms with E-state index in [4.69, 9.17) is 65.8 Å². The predicted molar refractivity (Wildman–Crippen MR) is 533 cm³/mol. The quantitative estimate of drug-likeness (QED) is 0.0287. The summed E-state index contributed by atoms with van der Waals surface area (Å²) in [5, 5.41) is 48.9. The number of carbonyl (C=O) groups excluding carboxylic acids is 2. The van der Waals surface area contributed by atoms with Crippen LogP contribution >= 0.6 is 56.8 Å². The number of nitrogens with zero attached hydrogens (tertiary/aromatic N) is 13. The van der Waals surface area contributed by atoms with Gasteiger partial charge in [-0.15, -0.1) is 0 Å². The Bertz CT molecular complexity index is 6330. The van der Waals surface area contributed by atoms with E-state index in [1.54, 1.807) is 74.1 Å². The van der Waals surface area contributed by atoms with Gasteiger partial charge < -0.3 is 69.5 Å². The maximum absolute atomic E-state index is 12.6. The van der Waals surface area contributed by atoms with E-state index in [0.717, 1.165) is 122 Å². The van der Waals surface area contributed by atoms with Crippen LogP contribution in [0.1, 0.15) is 98.2 Å². The fraction of sp³-hybridized carbons (Fsp3) is 0.270. The molecule has 0 radical (unpaired) electrons. The van der Waals surface area contributed by atoms with Crippen LogP contribution in [0.15, 0.2) is 244 Å². The molecule has 0 unspecified atom stereocenters. The molecule has 3 fully saturated rings. The zero-order valence-corrected chi connectivity index (χ0v) is 80.4. The van der Waals surface area contributed by atoms with Crippen molar-refractivity contribution in [1.29, 1.82) is 0 Å². The van der Waals surface area contributed by atoms with Crippen LogP contribution in [0.3, 0.4) is 0 Å². The average Bonchev–Trinajstić information content (AvgIpc) is 1.63. The van der Waals surface area contributed by atoms with Gasteiger partial charge in [0.2, 0.25) is 5.91 Å². The summed E-state index contributed by atoms with van der Waals surface area (Å²) in [7, 11) is 4.97. The second kappa shape index (κ2) is 46.9. The number of halogens is 3. The summed E-state index contributed by atoms with van der Waals surface area (Å²) in [5.41, 5.74) is 16.0. The molecule has 7 N–H and O–H groups in total. The number of fused-ring (bicyclic) bond motifs is 4. The maximum Gasteiger partial charge on any atom is 0.410 e. The Morgan fingerprint density at radius 3 is 1.28 bits per heavy atom. The third-order valence-electron chi connectivity index (χ3n) is 21.1. The number of carboxylic acids is 1. The van der Waals surface area contributed by atoms with Crippen molar-refractivity contribution in [2.45, 2.75) is 130 Å². The number of H-pyrrole nitrogens is 1. The first-order valence-corrected chi connectivity index (χ1v) is 45.4. The molecule has 7 aromatic carbocycles. The number of pyridine rings is 4. The first-order chi connectivity index (χ1) is 63.6. The van der Waals surface area contributed by atoms with E-state index in [-0.39, 0.29) is 24.1 Å². The molecule has 18 rings (SSSR count). The molecule has 29 nitrogen and oxygen atoms in total. The van der Waals surface area contributed by atoms with Gasteiger partial charge in [0.05, 0.1) is 56.8 Å². The number of phenolic OH excluding ortho intramolecular Hbond substituents is 1. The van der Waals surface area contributed by atoms with Gasteiger partial charge in [0, 0.05) is 93.4 Å². The Morgan fingerprint density at radius 1 is 0.492 bits per heavy atom. The molecule has 0 bridgehead atoms. The summed E-state index contributed by atoms with van der Waals surface area (Å²) in [6.45, 7) is 24.5. The van der Waals surface area contributed by atoms with Crippen LogP contribution in [0.25, 0.3) is 44.1 Å². The first-order valence-electron chi connectivity index (χ1n) is 42.9. The van der Waals surface area contributed by atoms with Crippen molar-refractivity contribution in [3.63, 3.8) is 0 Å². The molecule has 0 spiro atoms. The van der Waals surface area contributed by atoms with Gasteiger partial charge in [0.15, 0.2) is 34.2 Å². The second-order valence-electron chi connectivity index (χ2n) is 32.4. The van der Waals surface area contributed by atoms with Crippen molar-refractivity contribution >= 4 is 131 Å². The number of anilines is 2. The van der Waals surface area contributed by atoms with E-state index in [0.29, 0.717) is 97.1 Å². The smallest absolute Gasteiger partial charge is 0.410 e. The van der Waals surface area contributed by atoms with Crippen LogP contribution < -0.4 is 44.8 Å². The molecule has 2 atom stereocenters. The molecule has 2 saturated heterocycles. The van der Waals surface area contributed by atoms with Crippen molar-refractivity contribution in [2.24, 2.45) is 5.73 Å². The topological polar surface area (TPSA) is 347 Å². The number of hydrogen-bond donors (Lipinski definition) is 6. The molecule has 1 aliphatic carbocycles. The van der Waals surface area contributed by atoms with Crippen molar-refractivity contribution < 1.29 is 57.8 Å². The number of hydrogen-bond acceptors (Lipinski definition) is 22. The Hall–Kier alpha value is -13.4. The number of aromatic nitrogens is 12. The molecular formula is C100H108ClI2N17O12. The highest BCUT2D eigenvalue weighted by atomic mass is 127. The molecule has 3 aliphatic rings. The maximum atomic E-state index is 12.6. The fourth-order valence-electron chi connectivity index (χ4n) is 14.2. The lowest BCUT2D eigenvalue weighted by Gasteiger charge is -2.24. The highest BCUT2D eigenvalue weighted by Crippen LogP contribution is 2.39. The molecule has 2 amide bonds. The lowest BCUT2D eigenvalue weighted by atomic mass is 10.2. The van der Waals surface area contributed by atoms with Crippen molar-refractivity contribution in [2.75, 3.05) is 58.1 Å². The Morgan fingerprint density at radius 2 is 0.864 bits per heavy atom. The number of nitrogens with one attached hydrogen (secondary N) is 3. The van der Waals surface area contributed by atoms with Crippen LogP contribution in [0.4, 0.5) is 16.4 Å². The summed E-state index contributed by atoms with van der Waals surface area (Å²) in [6.07, 6.45) is 15.7. The van der Waals surface area contributed by atoms with Crippen LogP contribution in [-0.2, 0) is 34.0 Å². The van der Waals surface area contributed by atoms with E-state index < -0.39 is 11.6 Å². The predicted octanol–water partition coefficient (Wildman–Crippen LogP) is 21.1. The van der Waals surface area contributed by atoms with E-state index in [2.05, 4.69) is 116 Å². The number of aromatic hydroxyl groups is 1. The van der Waals surface area contributed by atoms with Crippen molar-refractivity contribution in [3.05, 3.63) is 296 Å². The number of ether oxygens (including phenoxy) is 7. The second-order valence-corrected chi connectivity index (χ2v) is 34.9.